The minimum atomic E-state index is -1.09. The van der Waals surface area contributed by atoms with Gasteiger partial charge in [0.2, 0.25) is 0 Å². The summed E-state index contributed by atoms with van der Waals surface area (Å²) in [6.07, 6.45) is 0. The number of nitrogen functional groups attached to an aromatic ring is 1. The number of carbonyl (C=O) groups excluding carboxylic acids is 1. The van der Waals surface area contributed by atoms with Gasteiger partial charge >= 0.3 is 11.9 Å². The van der Waals surface area contributed by atoms with Gasteiger partial charge in [0.15, 0.2) is 0 Å². The Morgan fingerprint density at radius 2 is 2.12 bits per heavy atom. The summed E-state index contributed by atoms with van der Waals surface area (Å²) in [5.74, 6) is -1.55. The number of hydrogen-bond acceptors (Lipinski definition) is 5. The molecular weight excluding hydrogens is 242 g/mol. The Balaban J connectivity index is 2.65. The molecule has 0 saturated carbocycles. The number of ether oxygens (including phenoxy) is 1. The first kappa shape index (κ1) is 13.5. The summed E-state index contributed by atoms with van der Waals surface area (Å²) in [4.78, 5) is 23.7. The van der Waals surface area contributed by atoms with Crippen LogP contribution in [0.25, 0.3) is 0 Å². The van der Waals surface area contributed by atoms with Crippen LogP contribution in [0.4, 0.5) is 5.69 Å². The van der Waals surface area contributed by atoms with Crippen LogP contribution in [0, 0.1) is 12.3 Å². The first-order valence-corrected chi connectivity index (χ1v) is 5.82. The van der Waals surface area contributed by atoms with Crippen LogP contribution in [0.1, 0.15) is 28.4 Å². The van der Waals surface area contributed by atoms with Gasteiger partial charge in [-0.05, 0) is 26.8 Å². The SMILES string of the molecule is Cc1sc(C(=O)OCC(C)(C)C(=O)O)cc1N. The molecule has 0 aliphatic carbocycles. The van der Waals surface area contributed by atoms with E-state index in [1.54, 1.807) is 6.92 Å². The van der Waals surface area contributed by atoms with Crippen LogP contribution in [0.5, 0.6) is 0 Å². The predicted octanol–water partition coefficient (Wildman–Crippen LogP) is 1.91. The van der Waals surface area contributed by atoms with Gasteiger partial charge in [-0.2, -0.15) is 0 Å². The van der Waals surface area contributed by atoms with E-state index in [1.165, 1.54) is 31.3 Å². The molecule has 17 heavy (non-hydrogen) atoms. The monoisotopic (exact) mass is 257 g/mol. The first-order chi connectivity index (χ1) is 7.74. The third-order valence-corrected chi connectivity index (χ3v) is 3.35. The van der Waals surface area contributed by atoms with E-state index in [0.717, 1.165) is 4.88 Å². The molecule has 0 aliphatic heterocycles. The van der Waals surface area contributed by atoms with Gasteiger partial charge in [0, 0.05) is 10.6 Å². The van der Waals surface area contributed by atoms with Gasteiger partial charge in [-0.3, -0.25) is 4.79 Å². The van der Waals surface area contributed by atoms with Crippen LogP contribution in [0.15, 0.2) is 6.07 Å². The van der Waals surface area contributed by atoms with Crippen LogP contribution in [0.2, 0.25) is 0 Å². The Hall–Kier alpha value is -1.56. The third-order valence-electron chi connectivity index (χ3n) is 2.30. The first-order valence-electron chi connectivity index (χ1n) is 5.00. The zero-order valence-electron chi connectivity index (χ0n) is 9.94. The van der Waals surface area contributed by atoms with Crippen molar-refractivity contribution in [1.82, 2.24) is 0 Å². The average molecular weight is 257 g/mol. The molecule has 0 unspecified atom stereocenters. The summed E-state index contributed by atoms with van der Waals surface area (Å²) in [7, 11) is 0. The van der Waals surface area contributed by atoms with E-state index in [4.69, 9.17) is 15.6 Å². The standard InChI is InChI=1S/C11H15NO4S/c1-6-7(12)4-8(17-6)9(13)16-5-11(2,3)10(14)15/h4H,5,12H2,1-3H3,(H,14,15). The molecule has 0 aromatic carbocycles. The number of hydrogen-bond donors (Lipinski definition) is 2. The lowest BCUT2D eigenvalue weighted by molar-refractivity contribution is -0.149. The molecule has 0 atom stereocenters. The van der Waals surface area contributed by atoms with E-state index in [9.17, 15) is 9.59 Å². The summed E-state index contributed by atoms with van der Waals surface area (Å²) in [6, 6.07) is 1.54. The molecule has 0 amide bonds. The molecule has 3 N–H and O–H groups in total. The number of nitrogens with two attached hydrogens (primary N) is 1. The van der Waals surface area contributed by atoms with E-state index >= 15 is 0 Å². The van der Waals surface area contributed by atoms with Crippen LogP contribution in [-0.2, 0) is 9.53 Å². The Labute approximate surface area is 103 Å². The quantitative estimate of drug-likeness (QED) is 0.804. The second kappa shape index (κ2) is 4.75. The van der Waals surface area contributed by atoms with Gasteiger partial charge in [0.05, 0.1) is 5.41 Å². The fraction of sp³-hybridized carbons (Fsp3) is 0.455. The maximum Gasteiger partial charge on any atom is 0.348 e. The van der Waals surface area contributed by atoms with Crippen molar-refractivity contribution in [3.63, 3.8) is 0 Å². The molecule has 0 saturated heterocycles. The van der Waals surface area contributed by atoms with Gasteiger partial charge in [-0.1, -0.05) is 0 Å². The normalized spacial score (nSPS) is 11.2. The van der Waals surface area contributed by atoms with Crippen molar-refractivity contribution in [1.29, 1.82) is 0 Å². The molecule has 0 aliphatic rings. The van der Waals surface area contributed by atoms with Gasteiger partial charge in [-0.25, -0.2) is 4.79 Å². The second-order valence-corrected chi connectivity index (χ2v) is 5.64. The highest BCUT2D eigenvalue weighted by Crippen LogP contribution is 2.25. The molecule has 6 heteroatoms. The lowest BCUT2D eigenvalue weighted by Crippen LogP contribution is -2.30. The minimum Gasteiger partial charge on any atom is -0.481 e. The van der Waals surface area contributed by atoms with Gasteiger partial charge in [-0.15, -0.1) is 11.3 Å². The number of carboxylic acids is 1. The third kappa shape index (κ3) is 3.20. The average Bonchev–Trinajstić information content (AvgIpc) is 2.56. The van der Waals surface area contributed by atoms with Gasteiger partial charge in [0.1, 0.15) is 11.5 Å². The van der Waals surface area contributed by atoms with E-state index in [2.05, 4.69) is 0 Å². The van der Waals surface area contributed by atoms with Crippen molar-refractivity contribution in [2.24, 2.45) is 5.41 Å². The van der Waals surface area contributed by atoms with Crippen LogP contribution >= 0.6 is 11.3 Å². The van der Waals surface area contributed by atoms with Crippen LogP contribution < -0.4 is 5.73 Å². The highest BCUT2D eigenvalue weighted by molar-refractivity contribution is 7.14. The number of anilines is 1. The number of aliphatic carboxylic acids is 1. The molecule has 0 spiro atoms. The largest absolute Gasteiger partial charge is 0.481 e. The second-order valence-electron chi connectivity index (χ2n) is 4.39. The molecule has 0 fully saturated rings. The van der Waals surface area contributed by atoms with Crippen molar-refractivity contribution in [2.45, 2.75) is 20.8 Å². The number of thiophene rings is 1. The number of aryl methyl sites for hydroxylation is 1. The van der Waals surface area contributed by atoms with Crippen LogP contribution in [-0.4, -0.2) is 23.7 Å². The number of rotatable bonds is 4. The fourth-order valence-corrected chi connectivity index (χ4v) is 1.81. The highest BCUT2D eigenvalue weighted by atomic mass is 32.1. The summed E-state index contributed by atoms with van der Waals surface area (Å²) < 4.78 is 4.96. The van der Waals surface area contributed by atoms with Gasteiger partial charge in [0.25, 0.3) is 0 Å². The summed E-state index contributed by atoms with van der Waals surface area (Å²) in [5, 5.41) is 8.86. The molecule has 5 nitrogen and oxygen atoms in total. The Kier molecular flexibility index (Phi) is 3.77. The van der Waals surface area contributed by atoms with E-state index in [1.807, 2.05) is 0 Å². The molecule has 94 valence electrons. The van der Waals surface area contributed by atoms with Crippen LogP contribution in [0.3, 0.4) is 0 Å². The van der Waals surface area contributed by atoms with E-state index < -0.39 is 17.4 Å². The molecule has 1 rings (SSSR count). The summed E-state index contributed by atoms with van der Waals surface area (Å²) in [5.41, 5.74) is 5.07. The number of esters is 1. The predicted molar refractivity (Wildman–Crippen MR) is 65.2 cm³/mol. The fourth-order valence-electron chi connectivity index (χ4n) is 0.976. The zero-order valence-corrected chi connectivity index (χ0v) is 10.8. The molecular formula is C11H15NO4S. The van der Waals surface area contributed by atoms with Gasteiger partial charge < -0.3 is 15.6 Å². The van der Waals surface area contributed by atoms with Crippen molar-refractivity contribution >= 4 is 29.0 Å². The summed E-state index contributed by atoms with van der Waals surface area (Å²) in [6.45, 7) is 4.63. The lowest BCUT2D eigenvalue weighted by atomic mass is 9.95. The van der Waals surface area contributed by atoms with Crippen molar-refractivity contribution in [3.8, 4) is 0 Å². The van der Waals surface area contributed by atoms with E-state index in [-0.39, 0.29) is 6.61 Å². The van der Waals surface area contributed by atoms with E-state index in [0.29, 0.717) is 10.6 Å². The number of carboxylic acid groups (broad SMARTS) is 1. The zero-order chi connectivity index (χ0) is 13.2. The lowest BCUT2D eigenvalue weighted by Gasteiger charge is -2.18. The maximum atomic E-state index is 11.6. The van der Waals surface area contributed by atoms with Crippen molar-refractivity contribution in [2.75, 3.05) is 12.3 Å². The Bertz CT molecular complexity index is 431. The molecule has 1 aromatic rings. The summed E-state index contributed by atoms with van der Waals surface area (Å²) >= 11 is 1.23. The highest BCUT2D eigenvalue weighted by Gasteiger charge is 2.29. The smallest absolute Gasteiger partial charge is 0.348 e. The molecule has 1 heterocycles. The Morgan fingerprint density at radius 3 is 2.53 bits per heavy atom. The number of carbonyl (C=O) groups is 2. The topological polar surface area (TPSA) is 89.6 Å². The molecule has 0 bridgehead atoms. The Morgan fingerprint density at radius 1 is 1.53 bits per heavy atom. The minimum absolute atomic E-state index is 0.169. The van der Waals surface area contributed by atoms with Crippen molar-refractivity contribution in [3.05, 3.63) is 15.8 Å². The molecule has 0 radical (unpaired) electrons. The maximum absolute atomic E-state index is 11.6. The van der Waals surface area contributed by atoms with Crippen molar-refractivity contribution < 1.29 is 19.4 Å². The molecule has 1 aromatic heterocycles.